The summed E-state index contributed by atoms with van der Waals surface area (Å²) in [5, 5.41) is 7.00. The van der Waals surface area contributed by atoms with Gasteiger partial charge in [0.1, 0.15) is 0 Å². The van der Waals surface area contributed by atoms with Crippen LogP contribution in [0, 0.1) is 5.41 Å². The summed E-state index contributed by atoms with van der Waals surface area (Å²) >= 11 is 1.77. The number of nitrogens with zero attached hydrogens (tertiary/aromatic N) is 1. The van der Waals surface area contributed by atoms with Crippen LogP contribution < -0.4 is 5.32 Å². The van der Waals surface area contributed by atoms with Crippen LogP contribution in [-0.2, 0) is 11.2 Å². The number of nitrogens with one attached hydrogen (secondary N) is 1. The van der Waals surface area contributed by atoms with Crippen LogP contribution in [-0.4, -0.2) is 30.3 Å². The van der Waals surface area contributed by atoms with E-state index >= 15 is 0 Å². The third-order valence-electron chi connectivity index (χ3n) is 4.14. The maximum atomic E-state index is 5.81. The molecule has 1 aromatic rings. The molecule has 2 aliphatic rings. The Kier molecular flexibility index (Phi) is 3.19. The van der Waals surface area contributed by atoms with Crippen molar-refractivity contribution < 1.29 is 4.74 Å². The summed E-state index contributed by atoms with van der Waals surface area (Å²) < 4.78 is 5.81. The van der Waals surface area contributed by atoms with Gasteiger partial charge in [0, 0.05) is 42.6 Å². The van der Waals surface area contributed by atoms with E-state index in [-0.39, 0.29) is 5.41 Å². The van der Waals surface area contributed by atoms with Crippen LogP contribution in [0.25, 0.3) is 0 Å². The van der Waals surface area contributed by atoms with Crippen LogP contribution in [0.15, 0.2) is 11.6 Å². The lowest BCUT2D eigenvalue weighted by atomic mass is 9.78. The highest BCUT2D eigenvalue weighted by molar-refractivity contribution is 7.09. The molecule has 3 rings (SSSR count). The Bertz CT molecular complexity index is 364. The highest BCUT2D eigenvalue weighted by Gasteiger charge is 2.42. The molecule has 0 radical (unpaired) electrons. The van der Waals surface area contributed by atoms with Crippen molar-refractivity contribution in [2.75, 3.05) is 13.2 Å². The summed E-state index contributed by atoms with van der Waals surface area (Å²) in [7, 11) is 0. The maximum Gasteiger partial charge on any atom is 0.0931 e. The Hall–Kier alpha value is -0.450. The Morgan fingerprint density at radius 3 is 3.06 bits per heavy atom. The van der Waals surface area contributed by atoms with E-state index in [1.807, 2.05) is 6.20 Å². The van der Waals surface area contributed by atoms with Gasteiger partial charge in [-0.3, -0.25) is 0 Å². The van der Waals surface area contributed by atoms with Crippen LogP contribution in [0.4, 0.5) is 0 Å². The Balaban J connectivity index is 1.70. The summed E-state index contributed by atoms with van der Waals surface area (Å²) in [6.45, 7) is 4.20. The summed E-state index contributed by atoms with van der Waals surface area (Å²) in [6, 6.07) is 0.774. The fourth-order valence-corrected chi connectivity index (χ4v) is 3.39. The van der Waals surface area contributed by atoms with Crippen LogP contribution >= 0.6 is 11.3 Å². The molecule has 94 valence electrons. The zero-order valence-corrected chi connectivity index (χ0v) is 11.1. The van der Waals surface area contributed by atoms with Gasteiger partial charge in [0.05, 0.1) is 11.1 Å². The standard InChI is InChI=1S/C13H20N2OS/c1-10-13(4-6-16-10,9-15-11-2-3-11)8-12-14-5-7-17-12/h5,7,10-11,15H,2-4,6,8-9H2,1H3. The summed E-state index contributed by atoms with van der Waals surface area (Å²) in [6.07, 6.45) is 7.17. The van der Waals surface area contributed by atoms with E-state index in [0.717, 1.165) is 32.0 Å². The van der Waals surface area contributed by atoms with Gasteiger partial charge in [-0.05, 0) is 26.2 Å². The molecule has 0 aromatic carbocycles. The third kappa shape index (κ3) is 2.54. The molecule has 1 aliphatic heterocycles. The normalized spacial score (nSPS) is 33.1. The molecule has 17 heavy (non-hydrogen) atoms. The number of hydrogen-bond donors (Lipinski definition) is 1. The smallest absolute Gasteiger partial charge is 0.0931 e. The number of aromatic nitrogens is 1. The molecular formula is C13H20N2OS. The maximum absolute atomic E-state index is 5.81. The van der Waals surface area contributed by atoms with Gasteiger partial charge < -0.3 is 10.1 Å². The van der Waals surface area contributed by atoms with Gasteiger partial charge in [0.25, 0.3) is 0 Å². The van der Waals surface area contributed by atoms with Crippen LogP contribution in [0.1, 0.15) is 31.2 Å². The third-order valence-corrected chi connectivity index (χ3v) is 4.92. The molecule has 2 heterocycles. The summed E-state index contributed by atoms with van der Waals surface area (Å²) in [5.41, 5.74) is 0.264. The first-order valence-corrected chi connectivity index (χ1v) is 7.40. The molecule has 1 saturated carbocycles. The largest absolute Gasteiger partial charge is 0.378 e. The average molecular weight is 252 g/mol. The lowest BCUT2D eigenvalue weighted by molar-refractivity contribution is 0.0628. The fraction of sp³-hybridized carbons (Fsp3) is 0.769. The molecule has 0 spiro atoms. The van der Waals surface area contributed by atoms with Gasteiger partial charge in [-0.25, -0.2) is 4.98 Å². The molecule has 2 fully saturated rings. The van der Waals surface area contributed by atoms with Crippen molar-refractivity contribution >= 4 is 11.3 Å². The lowest BCUT2D eigenvalue weighted by Gasteiger charge is -2.32. The van der Waals surface area contributed by atoms with Gasteiger partial charge >= 0.3 is 0 Å². The number of hydrogen-bond acceptors (Lipinski definition) is 4. The van der Waals surface area contributed by atoms with Gasteiger partial charge in [-0.2, -0.15) is 0 Å². The zero-order valence-electron chi connectivity index (χ0n) is 10.3. The zero-order chi connectivity index (χ0) is 11.7. The van der Waals surface area contributed by atoms with Crippen molar-refractivity contribution in [3.63, 3.8) is 0 Å². The van der Waals surface area contributed by atoms with Crippen molar-refractivity contribution in [2.24, 2.45) is 5.41 Å². The number of ether oxygens (including phenoxy) is 1. The molecule has 1 aliphatic carbocycles. The molecule has 4 heteroatoms. The minimum absolute atomic E-state index is 0.264. The first-order chi connectivity index (χ1) is 8.28. The highest BCUT2D eigenvalue weighted by Crippen LogP contribution is 2.38. The van der Waals surface area contributed by atoms with Gasteiger partial charge in [-0.1, -0.05) is 0 Å². The molecule has 2 unspecified atom stereocenters. The van der Waals surface area contributed by atoms with Crippen molar-refractivity contribution in [1.29, 1.82) is 0 Å². The second-order valence-electron chi connectivity index (χ2n) is 5.38. The van der Waals surface area contributed by atoms with Crippen molar-refractivity contribution in [1.82, 2.24) is 10.3 Å². The fourth-order valence-electron chi connectivity index (χ4n) is 2.62. The monoisotopic (exact) mass is 252 g/mol. The SMILES string of the molecule is CC1OCCC1(CNC1CC1)Cc1nccs1. The lowest BCUT2D eigenvalue weighted by Crippen LogP contribution is -2.42. The van der Waals surface area contributed by atoms with Crippen molar-refractivity contribution in [2.45, 2.75) is 44.8 Å². The molecule has 0 amide bonds. The summed E-state index contributed by atoms with van der Waals surface area (Å²) in [4.78, 5) is 4.44. The van der Waals surface area contributed by atoms with Gasteiger partial charge in [-0.15, -0.1) is 11.3 Å². The van der Waals surface area contributed by atoms with E-state index < -0.39 is 0 Å². The molecule has 1 saturated heterocycles. The van der Waals surface area contributed by atoms with E-state index in [0.29, 0.717) is 6.10 Å². The molecule has 2 atom stereocenters. The minimum atomic E-state index is 0.264. The number of rotatable bonds is 5. The molecule has 1 N–H and O–H groups in total. The minimum Gasteiger partial charge on any atom is -0.378 e. The second kappa shape index (κ2) is 4.67. The van der Waals surface area contributed by atoms with Gasteiger partial charge in [0.15, 0.2) is 0 Å². The average Bonchev–Trinajstić information content (AvgIpc) is 2.90. The van der Waals surface area contributed by atoms with Crippen molar-refractivity contribution in [3.05, 3.63) is 16.6 Å². The molecule has 3 nitrogen and oxygen atoms in total. The first-order valence-electron chi connectivity index (χ1n) is 6.52. The van der Waals surface area contributed by atoms with E-state index in [1.54, 1.807) is 11.3 Å². The van der Waals surface area contributed by atoms with Crippen LogP contribution in [0.5, 0.6) is 0 Å². The topological polar surface area (TPSA) is 34.1 Å². The highest BCUT2D eigenvalue weighted by atomic mass is 32.1. The Morgan fingerprint density at radius 2 is 2.47 bits per heavy atom. The molecule has 0 bridgehead atoms. The predicted molar refractivity (Wildman–Crippen MR) is 69.3 cm³/mol. The predicted octanol–water partition coefficient (Wildman–Crippen LogP) is 2.23. The quantitative estimate of drug-likeness (QED) is 0.872. The second-order valence-corrected chi connectivity index (χ2v) is 6.36. The van der Waals surface area contributed by atoms with Crippen LogP contribution in [0.3, 0.4) is 0 Å². The van der Waals surface area contributed by atoms with E-state index in [2.05, 4.69) is 22.6 Å². The van der Waals surface area contributed by atoms with E-state index in [1.165, 1.54) is 17.8 Å². The molecular weight excluding hydrogens is 232 g/mol. The summed E-state index contributed by atoms with van der Waals surface area (Å²) in [5.74, 6) is 0. The van der Waals surface area contributed by atoms with E-state index in [9.17, 15) is 0 Å². The van der Waals surface area contributed by atoms with Crippen LogP contribution in [0.2, 0.25) is 0 Å². The Labute approximate surface area is 107 Å². The van der Waals surface area contributed by atoms with Gasteiger partial charge in [0.2, 0.25) is 0 Å². The molecule has 1 aromatic heterocycles. The Morgan fingerprint density at radius 1 is 1.59 bits per heavy atom. The van der Waals surface area contributed by atoms with Crippen molar-refractivity contribution in [3.8, 4) is 0 Å². The van der Waals surface area contributed by atoms with E-state index in [4.69, 9.17) is 4.74 Å². The first kappa shape index (κ1) is 11.6. The number of thiazole rings is 1.